The van der Waals surface area contributed by atoms with E-state index >= 15 is 0 Å². The minimum absolute atomic E-state index is 0.0650. The molecule has 2 aromatic carbocycles. The number of nitrogens with one attached hydrogen (secondary N) is 1. The molecule has 0 spiro atoms. The van der Waals surface area contributed by atoms with E-state index in [1.807, 2.05) is 6.07 Å². The first-order chi connectivity index (χ1) is 12.7. The van der Waals surface area contributed by atoms with Crippen LogP contribution in [0.3, 0.4) is 0 Å². The van der Waals surface area contributed by atoms with E-state index in [0.717, 1.165) is 24.0 Å². The summed E-state index contributed by atoms with van der Waals surface area (Å²) in [6.45, 7) is 0. The Kier molecular flexibility index (Phi) is 6.07. The molecule has 0 fully saturated rings. The lowest BCUT2D eigenvalue weighted by atomic mass is 10.1. The van der Waals surface area contributed by atoms with Gasteiger partial charge in [-0.3, -0.25) is 5.41 Å². The molecular weight excluding hydrogens is 365 g/mol. The maximum Gasteiger partial charge on any atom is 0.573 e. The highest BCUT2D eigenvalue weighted by molar-refractivity contribution is 6.04. The van der Waals surface area contributed by atoms with Crippen molar-refractivity contribution in [3.63, 3.8) is 0 Å². The highest BCUT2D eigenvalue weighted by Crippen LogP contribution is 2.32. The predicted octanol–water partition coefficient (Wildman–Crippen LogP) is 4.17. The summed E-state index contributed by atoms with van der Waals surface area (Å²) in [5, 5.41) is 15.4. The number of ether oxygens (including phenoxy) is 1. The molecule has 142 valence electrons. The Bertz CT molecular complexity index is 937. The Morgan fingerprint density at radius 3 is 2.41 bits per heavy atom. The fraction of sp³-hybridized carbons (Fsp3) is 0.111. The van der Waals surface area contributed by atoms with E-state index in [-0.39, 0.29) is 28.7 Å². The van der Waals surface area contributed by atoms with Crippen molar-refractivity contribution in [1.82, 2.24) is 0 Å². The Labute approximate surface area is 151 Å². The van der Waals surface area contributed by atoms with Gasteiger partial charge in [0.05, 0.1) is 6.34 Å². The normalized spacial score (nSPS) is 10.8. The van der Waals surface area contributed by atoms with Crippen LogP contribution in [0.1, 0.15) is 21.7 Å². The number of nitrogens with two attached hydrogens (primary N) is 1. The first-order valence-electron chi connectivity index (χ1n) is 7.54. The summed E-state index contributed by atoms with van der Waals surface area (Å²) in [6.07, 6.45) is -3.89. The van der Waals surface area contributed by atoms with Gasteiger partial charge in [-0.1, -0.05) is 30.3 Å². The second kappa shape index (κ2) is 8.26. The molecule has 27 heavy (non-hydrogen) atoms. The van der Waals surface area contributed by atoms with Gasteiger partial charge in [-0.05, 0) is 23.8 Å². The van der Waals surface area contributed by atoms with Gasteiger partial charge in [0.2, 0.25) is 0 Å². The van der Waals surface area contributed by atoms with Gasteiger partial charge in [-0.15, -0.1) is 13.2 Å². The van der Waals surface area contributed by atoms with E-state index in [4.69, 9.17) is 9.83 Å². The summed E-state index contributed by atoms with van der Waals surface area (Å²) in [4.78, 5) is 11.6. The zero-order chi connectivity index (χ0) is 20.0. The second-order valence-corrected chi connectivity index (χ2v) is 5.24. The van der Waals surface area contributed by atoms with Gasteiger partial charge in [-0.25, -0.2) is 4.79 Å². The van der Waals surface area contributed by atoms with Crippen molar-refractivity contribution in [1.29, 1.82) is 5.41 Å². The topological polar surface area (TPSA) is 110 Å². The third-order valence-corrected chi connectivity index (χ3v) is 3.39. The SMILES string of the molecule is N=CN.O=C(O)c1c(Cc2ccccc2)oc2ccc(OC(F)(F)F)cc12. The molecule has 4 N–H and O–H groups in total. The zero-order valence-corrected chi connectivity index (χ0v) is 13.8. The van der Waals surface area contributed by atoms with Crippen LogP contribution in [0.5, 0.6) is 5.75 Å². The van der Waals surface area contributed by atoms with E-state index in [1.165, 1.54) is 6.07 Å². The third-order valence-electron chi connectivity index (χ3n) is 3.39. The Morgan fingerprint density at radius 2 is 1.85 bits per heavy atom. The molecule has 0 saturated carbocycles. The molecule has 0 aliphatic rings. The molecule has 0 amide bonds. The lowest BCUT2D eigenvalue weighted by Gasteiger charge is -2.08. The van der Waals surface area contributed by atoms with Gasteiger partial charge in [0.15, 0.2) is 0 Å². The average molecular weight is 380 g/mol. The first kappa shape index (κ1) is 19.8. The fourth-order valence-corrected chi connectivity index (χ4v) is 2.46. The van der Waals surface area contributed by atoms with E-state index in [0.29, 0.717) is 0 Å². The highest BCUT2D eigenvalue weighted by atomic mass is 19.4. The van der Waals surface area contributed by atoms with E-state index in [2.05, 4.69) is 10.5 Å². The number of benzene rings is 2. The number of furan rings is 1. The molecule has 6 nitrogen and oxygen atoms in total. The van der Waals surface area contributed by atoms with Gasteiger partial charge >= 0.3 is 12.3 Å². The minimum Gasteiger partial charge on any atom is -0.478 e. The molecule has 0 saturated heterocycles. The van der Waals surface area contributed by atoms with E-state index < -0.39 is 18.1 Å². The largest absolute Gasteiger partial charge is 0.573 e. The molecule has 0 radical (unpaired) electrons. The average Bonchev–Trinajstić information content (AvgIpc) is 2.92. The molecule has 3 aromatic rings. The fourth-order valence-electron chi connectivity index (χ4n) is 2.46. The van der Waals surface area contributed by atoms with Crippen molar-refractivity contribution in [2.75, 3.05) is 0 Å². The number of hydrogen-bond donors (Lipinski definition) is 3. The van der Waals surface area contributed by atoms with Crippen molar-refractivity contribution in [3.8, 4) is 5.75 Å². The Hall–Kier alpha value is -3.49. The number of hydrogen-bond acceptors (Lipinski definition) is 4. The monoisotopic (exact) mass is 380 g/mol. The smallest absolute Gasteiger partial charge is 0.478 e. The van der Waals surface area contributed by atoms with Crippen molar-refractivity contribution in [3.05, 3.63) is 65.4 Å². The van der Waals surface area contributed by atoms with Gasteiger partial charge in [0.1, 0.15) is 22.7 Å². The summed E-state index contributed by atoms with van der Waals surface area (Å²) in [5.74, 6) is -1.60. The lowest BCUT2D eigenvalue weighted by molar-refractivity contribution is -0.274. The molecule has 0 aliphatic heterocycles. The van der Waals surface area contributed by atoms with E-state index in [1.54, 1.807) is 24.3 Å². The van der Waals surface area contributed by atoms with Crippen LogP contribution in [0.4, 0.5) is 13.2 Å². The summed E-state index contributed by atoms with van der Waals surface area (Å²) >= 11 is 0. The van der Waals surface area contributed by atoms with Crippen molar-refractivity contribution >= 4 is 23.3 Å². The van der Waals surface area contributed by atoms with Crippen LogP contribution in [0.15, 0.2) is 52.9 Å². The quantitative estimate of drug-likeness (QED) is 0.465. The number of fused-ring (bicyclic) bond motifs is 1. The molecule has 3 rings (SSSR count). The van der Waals surface area contributed by atoms with Gasteiger partial charge in [-0.2, -0.15) is 0 Å². The maximum absolute atomic E-state index is 12.3. The molecule has 1 heterocycles. The van der Waals surface area contributed by atoms with E-state index in [9.17, 15) is 23.1 Å². The van der Waals surface area contributed by atoms with Crippen LogP contribution >= 0.6 is 0 Å². The molecule has 9 heteroatoms. The van der Waals surface area contributed by atoms with Crippen LogP contribution in [-0.4, -0.2) is 23.8 Å². The van der Waals surface area contributed by atoms with Gasteiger partial charge < -0.3 is 20.0 Å². The number of aromatic carboxylic acids is 1. The summed E-state index contributed by atoms with van der Waals surface area (Å²) in [7, 11) is 0. The molecule has 0 aliphatic carbocycles. The van der Waals surface area contributed by atoms with Crippen LogP contribution in [-0.2, 0) is 6.42 Å². The van der Waals surface area contributed by atoms with Crippen LogP contribution in [0.2, 0.25) is 0 Å². The standard InChI is InChI=1S/C17H11F3O4.CH4N2/c18-17(19,20)24-11-6-7-13-12(9-11)15(16(21)22)14(23-13)8-10-4-2-1-3-5-10;2-1-3/h1-7,9H,8H2,(H,21,22);1H,(H3,2,3). The summed E-state index contributed by atoms with van der Waals surface area (Å²) in [5.41, 5.74) is 5.24. The van der Waals surface area contributed by atoms with Crippen LogP contribution in [0.25, 0.3) is 11.0 Å². The van der Waals surface area contributed by atoms with Gasteiger partial charge in [0.25, 0.3) is 0 Å². The minimum atomic E-state index is -4.85. The number of alkyl halides is 3. The van der Waals surface area contributed by atoms with Crippen LogP contribution in [0, 0.1) is 5.41 Å². The maximum atomic E-state index is 12.3. The second-order valence-electron chi connectivity index (χ2n) is 5.24. The number of carbonyl (C=O) groups is 1. The van der Waals surface area contributed by atoms with Gasteiger partial charge in [0, 0.05) is 11.8 Å². The van der Waals surface area contributed by atoms with Crippen molar-refractivity contribution < 1.29 is 32.2 Å². The third kappa shape index (κ3) is 5.24. The molecule has 0 bridgehead atoms. The predicted molar refractivity (Wildman–Crippen MR) is 92.1 cm³/mol. The lowest BCUT2D eigenvalue weighted by Crippen LogP contribution is -2.17. The highest BCUT2D eigenvalue weighted by Gasteiger charge is 2.31. The molecule has 0 atom stereocenters. The molecule has 0 unspecified atom stereocenters. The summed E-state index contributed by atoms with van der Waals surface area (Å²) < 4.78 is 46.4. The number of carboxylic acids is 1. The number of halogens is 3. The van der Waals surface area contributed by atoms with Crippen LogP contribution < -0.4 is 10.5 Å². The zero-order valence-electron chi connectivity index (χ0n) is 13.8. The Balaban J connectivity index is 0.000000817. The van der Waals surface area contributed by atoms with Crippen molar-refractivity contribution in [2.24, 2.45) is 5.73 Å². The molecular formula is C18H15F3N2O4. The summed E-state index contributed by atoms with van der Waals surface area (Å²) in [6, 6.07) is 12.4. The molecule has 1 aromatic heterocycles. The Morgan fingerprint density at radius 1 is 1.22 bits per heavy atom. The first-order valence-corrected chi connectivity index (χ1v) is 7.54. The van der Waals surface area contributed by atoms with Crippen molar-refractivity contribution in [2.45, 2.75) is 12.8 Å². The number of carboxylic acid groups (broad SMARTS) is 1. The number of rotatable bonds is 4.